The number of nitrogens with zero attached hydrogens (tertiary/aromatic N) is 4. The molecule has 5 rings (SSSR count). The van der Waals surface area contributed by atoms with Crippen LogP contribution < -0.4 is 16.1 Å². The van der Waals surface area contributed by atoms with Crippen LogP contribution in [0.4, 0.5) is 23.1 Å². The van der Waals surface area contributed by atoms with Crippen LogP contribution in [0.25, 0.3) is 0 Å². The molecule has 9 heteroatoms. The average Bonchev–Trinajstić information content (AvgIpc) is 3.29. The van der Waals surface area contributed by atoms with Gasteiger partial charge in [0.2, 0.25) is 5.95 Å². The highest BCUT2D eigenvalue weighted by Crippen LogP contribution is 2.38. The fourth-order valence-corrected chi connectivity index (χ4v) is 6.51. The summed E-state index contributed by atoms with van der Waals surface area (Å²) in [6.45, 7) is 7.81. The number of anilines is 4. The van der Waals surface area contributed by atoms with Crippen LogP contribution in [0.1, 0.15) is 42.5 Å². The Balaban J connectivity index is 1.33. The summed E-state index contributed by atoms with van der Waals surface area (Å²) >= 11 is 6.42. The molecule has 36 heavy (non-hydrogen) atoms. The number of aromatic nitrogens is 3. The molecule has 1 aliphatic carbocycles. The van der Waals surface area contributed by atoms with Crippen molar-refractivity contribution in [3.63, 3.8) is 0 Å². The first kappa shape index (κ1) is 25.2. The van der Waals surface area contributed by atoms with Crippen molar-refractivity contribution >= 4 is 47.3 Å². The standard InChI is InChI=1S/C27H34ClN6OP/c1-18-6-13-24(26(30-18)36(2,3)35)32-25-23(28)17-29-27(33-25)31-21-10-7-19-8-11-22(12-9-20(19)16-21)34-14-4-5-15-34/h6-7,10,13,16-17,22H,4-5,8-9,11-12,14-15H2,1-3H3,(H2,29,31,32,33)/t22-/m0/s1. The first-order valence-corrected chi connectivity index (χ1v) is 15.7. The number of halogens is 1. The van der Waals surface area contributed by atoms with Gasteiger partial charge in [0, 0.05) is 17.4 Å². The summed E-state index contributed by atoms with van der Waals surface area (Å²) in [5.74, 6) is 0.890. The number of aryl methyl sites for hydroxylation is 3. The molecule has 0 amide bonds. The highest BCUT2D eigenvalue weighted by Gasteiger charge is 2.24. The maximum absolute atomic E-state index is 12.8. The lowest BCUT2D eigenvalue weighted by molar-refractivity contribution is 0.222. The van der Waals surface area contributed by atoms with Crippen molar-refractivity contribution in [2.24, 2.45) is 0 Å². The quantitative estimate of drug-likeness (QED) is 0.306. The Bertz CT molecular complexity index is 1300. The SMILES string of the molecule is Cc1ccc(Nc2nc(Nc3ccc4c(c3)CC[C@@H](N3CCCC3)CC4)ncc2Cl)c(P(C)(C)=O)n1. The van der Waals surface area contributed by atoms with E-state index in [4.69, 9.17) is 11.6 Å². The van der Waals surface area contributed by atoms with Crippen LogP contribution in [0.5, 0.6) is 0 Å². The first-order valence-electron chi connectivity index (χ1n) is 12.7. The van der Waals surface area contributed by atoms with Crippen molar-refractivity contribution in [2.75, 3.05) is 37.1 Å². The number of rotatable bonds is 6. The van der Waals surface area contributed by atoms with Gasteiger partial charge < -0.3 is 20.1 Å². The minimum Gasteiger partial charge on any atom is -0.337 e. The van der Waals surface area contributed by atoms with Crippen LogP contribution in [-0.2, 0) is 17.4 Å². The van der Waals surface area contributed by atoms with Crippen molar-refractivity contribution < 1.29 is 4.57 Å². The normalized spacial score (nSPS) is 18.5. The van der Waals surface area contributed by atoms with Gasteiger partial charge in [-0.2, -0.15) is 4.98 Å². The maximum atomic E-state index is 12.8. The molecule has 3 aromatic rings. The van der Waals surface area contributed by atoms with E-state index in [2.05, 4.69) is 48.7 Å². The van der Waals surface area contributed by atoms with E-state index in [1.165, 1.54) is 49.9 Å². The zero-order valence-electron chi connectivity index (χ0n) is 21.2. The summed E-state index contributed by atoms with van der Waals surface area (Å²) in [5, 5.41) is 6.95. The molecule has 1 aromatic carbocycles. The minimum absolute atomic E-state index is 0.379. The van der Waals surface area contributed by atoms with Gasteiger partial charge in [-0.3, -0.25) is 0 Å². The van der Waals surface area contributed by atoms with Crippen LogP contribution in [0.2, 0.25) is 5.02 Å². The summed E-state index contributed by atoms with van der Waals surface area (Å²) in [6.07, 6.45) is 8.94. The van der Waals surface area contributed by atoms with Crippen molar-refractivity contribution in [2.45, 2.75) is 51.5 Å². The smallest absolute Gasteiger partial charge is 0.229 e. The molecule has 1 aliphatic heterocycles. The predicted molar refractivity (Wildman–Crippen MR) is 149 cm³/mol. The van der Waals surface area contributed by atoms with Gasteiger partial charge in [-0.1, -0.05) is 17.7 Å². The van der Waals surface area contributed by atoms with Gasteiger partial charge in [0.15, 0.2) is 5.82 Å². The summed E-state index contributed by atoms with van der Waals surface area (Å²) in [6, 6.07) is 11.0. The number of hydrogen-bond donors (Lipinski definition) is 2. The third-order valence-electron chi connectivity index (χ3n) is 7.13. The van der Waals surface area contributed by atoms with Crippen molar-refractivity contribution in [1.29, 1.82) is 0 Å². The van der Waals surface area contributed by atoms with Gasteiger partial charge in [-0.05, 0) is 107 Å². The summed E-state index contributed by atoms with van der Waals surface area (Å²) in [4.78, 5) is 16.2. The monoisotopic (exact) mass is 524 g/mol. The molecule has 7 nitrogen and oxygen atoms in total. The molecule has 0 bridgehead atoms. The van der Waals surface area contributed by atoms with Gasteiger partial charge in [0.25, 0.3) is 0 Å². The van der Waals surface area contributed by atoms with E-state index in [1.807, 2.05) is 19.1 Å². The number of likely N-dealkylation sites (tertiary alicyclic amines) is 1. The molecule has 2 aliphatic rings. The van der Waals surface area contributed by atoms with E-state index < -0.39 is 7.14 Å². The van der Waals surface area contributed by atoms with Crippen LogP contribution in [-0.4, -0.2) is 52.3 Å². The summed E-state index contributed by atoms with van der Waals surface area (Å²) in [5.41, 5.74) is 5.80. The van der Waals surface area contributed by atoms with E-state index >= 15 is 0 Å². The number of pyridine rings is 1. The van der Waals surface area contributed by atoms with Gasteiger partial charge in [-0.15, -0.1) is 0 Å². The van der Waals surface area contributed by atoms with Crippen LogP contribution in [0, 0.1) is 6.92 Å². The molecule has 0 unspecified atom stereocenters. The summed E-state index contributed by atoms with van der Waals surface area (Å²) < 4.78 is 12.8. The van der Waals surface area contributed by atoms with Crippen LogP contribution in [0.3, 0.4) is 0 Å². The molecule has 0 radical (unpaired) electrons. The number of hydrogen-bond acceptors (Lipinski definition) is 7. The Kier molecular flexibility index (Phi) is 7.34. The zero-order chi connectivity index (χ0) is 25.3. The Labute approximate surface area is 218 Å². The largest absolute Gasteiger partial charge is 0.337 e. The fraction of sp³-hybridized carbons (Fsp3) is 0.444. The van der Waals surface area contributed by atoms with Gasteiger partial charge in [-0.25, -0.2) is 9.97 Å². The third kappa shape index (κ3) is 5.74. The molecule has 1 saturated heterocycles. The topological polar surface area (TPSA) is 83.0 Å². The second-order valence-electron chi connectivity index (χ2n) is 10.3. The zero-order valence-corrected chi connectivity index (χ0v) is 22.9. The van der Waals surface area contributed by atoms with Crippen LogP contribution >= 0.6 is 18.7 Å². The molecular weight excluding hydrogens is 491 g/mol. The average molecular weight is 525 g/mol. The molecule has 1 fully saturated rings. The highest BCUT2D eigenvalue weighted by atomic mass is 35.5. The van der Waals surface area contributed by atoms with E-state index in [-0.39, 0.29) is 0 Å². The molecule has 1 atom stereocenters. The van der Waals surface area contributed by atoms with Gasteiger partial charge in [0.1, 0.15) is 17.6 Å². The molecule has 2 N–H and O–H groups in total. The van der Waals surface area contributed by atoms with Gasteiger partial charge in [0.05, 0.1) is 11.9 Å². The van der Waals surface area contributed by atoms with E-state index in [9.17, 15) is 4.57 Å². The number of fused-ring (bicyclic) bond motifs is 1. The molecular formula is C27H34ClN6OP. The maximum Gasteiger partial charge on any atom is 0.229 e. The van der Waals surface area contributed by atoms with E-state index in [0.29, 0.717) is 34.0 Å². The second-order valence-corrected chi connectivity index (χ2v) is 13.8. The van der Waals surface area contributed by atoms with Crippen molar-refractivity contribution in [3.05, 3.63) is 58.4 Å². The Morgan fingerprint density at radius 1 is 1.00 bits per heavy atom. The Hall–Kier alpha value is -2.47. The highest BCUT2D eigenvalue weighted by molar-refractivity contribution is 7.70. The predicted octanol–water partition coefficient (Wildman–Crippen LogP) is 5.91. The second kappa shape index (κ2) is 10.5. The number of benzene rings is 1. The fourth-order valence-electron chi connectivity index (χ4n) is 5.26. The van der Waals surface area contributed by atoms with Crippen LogP contribution in [0.15, 0.2) is 36.5 Å². The molecule has 0 spiro atoms. The Morgan fingerprint density at radius 3 is 2.50 bits per heavy atom. The lowest BCUT2D eigenvalue weighted by Gasteiger charge is -2.25. The lowest BCUT2D eigenvalue weighted by atomic mass is 10.0. The molecule has 190 valence electrons. The van der Waals surface area contributed by atoms with Gasteiger partial charge >= 0.3 is 0 Å². The third-order valence-corrected chi connectivity index (χ3v) is 8.77. The minimum atomic E-state index is -2.61. The molecule has 0 saturated carbocycles. The lowest BCUT2D eigenvalue weighted by Crippen LogP contribution is -2.32. The van der Waals surface area contributed by atoms with E-state index in [1.54, 1.807) is 19.5 Å². The Morgan fingerprint density at radius 2 is 1.75 bits per heavy atom. The molecule has 2 aromatic heterocycles. The first-order chi connectivity index (χ1) is 17.3. The summed E-state index contributed by atoms with van der Waals surface area (Å²) in [7, 11) is -2.61. The van der Waals surface area contributed by atoms with Crippen molar-refractivity contribution in [3.8, 4) is 0 Å². The number of nitrogens with one attached hydrogen (secondary N) is 2. The van der Waals surface area contributed by atoms with Crippen molar-refractivity contribution in [1.82, 2.24) is 19.9 Å². The molecule has 3 heterocycles. The van der Waals surface area contributed by atoms with E-state index in [0.717, 1.165) is 24.2 Å².